The molecule has 0 aliphatic rings. The van der Waals surface area contributed by atoms with E-state index in [2.05, 4.69) is 0 Å². The Labute approximate surface area is 84.1 Å². The Balaban J connectivity index is 0. The topological polar surface area (TPSA) is 40.5 Å². The molecule has 1 aromatic rings. The van der Waals surface area contributed by atoms with Crippen molar-refractivity contribution in [3.63, 3.8) is 0 Å². The summed E-state index contributed by atoms with van der Waals surface area (Å²) < 4.78 is 0. The van der Waals surface area contributed by atoms with Crippen LogP contribution in [0.2, 0.25) is 0 Å². The highest BCUT2D eigenvalue weighted by Gasteiger charge is 1.91. The number of benzene rings is 1. The van der Waals surface area contributed by atoms with Crippen molar-refractivity contribution in [3.05, 3.63) is 35.4 Å². The normalized spacial score (nSPS) is 8.17. The summed E-state index contributed by atoms with van der Waals surface area (Å²) in [6.45, 7) is 0.0711. The van der Waals surface area contributed by atoms with E-state index in [-0.39, 0.29) is 38.0 Å². The smallest absolute Gasteiger partial charge is 0.0681 e. The average molecular weight is 211 g/mol. The molecule has 0 amide bonds. The Morgan fingerprint density at radius 1 is 0.917 bits per heavy atom. The van der Waals surface area contributed by atoms with E-state index in [0.29, 0.717) is 0 Å². The van der Waals surface area contributed by atoms with Crippen molar-refractivity contribution in [2.24, 2.45) is 0 Å². The predicted octanol–water partition coefficient (Wildman–Crippen LogP) is 1.51. The van der Waals surface area contributed by atoms with Gasteiger partial charge in [-0.2, -0.15) is 0 Å². The number of hydrogen-bond donors (Lipinski definition) is 2. The third-order valence-electron chi connectivity index (χ3n) is 1.36. The van der Waals surface area contributed by atoms with Gasteiger partial charge in [-0.15, -0.1) is 24.8 Å². The summed E-state index contributed by atoms with van der Waals surface area (Å²) in [5.41, 5.74) is 1.68. The van der Waals surface area contributed by atoms with E-state index in [1.165, 1.54) is 0 Å². The molecule has 0 saturated carbocycles. The molecular formula is C8H12Cl2O2. The SMILES string of the molecule is Cl.Cl.OCc1cccc(CO)c1. The third kappa shape index (κ3) is 3.93. The molecule has 1 aromatic carbocycles. The van der Waals surface area contributed by atoms with E-state index in [1.54, 1.807) is 6.07 Å². The molecule has 0 radical (unpaired) electrons. The van der Waals surface area contributed by atoms with Crippen LogP contribution in [0.5, 0.6) is 0 Å². The second-order valence-electron chi connectivity index (χ2n) is 2.14. The fraction of sp³-hybridized carbons (Fsp3) is 0.250. The first-order chi connectivity index (χ1) is 4.86. The van der Waals surface area contributed by atoms with E-state index in [9.17, 15) is 0 Å². The van der Waals surface area contributed by atoms with Crippen LogP contribution in [0.15, 0.2) is 24.3 Å². The third-order valence-corrected chi connectivity index (χ3v) is 1.36. The van der Waals surface area contributed by atoms with Crippen molar-refractivity contribution >= 4 is 24.8 Å². The summed E-state index contributed by atoms with van der Waals surface area (Å²) in [6.07, 6.45) is 0. The number of aliphatic hydroxyl groups is 2. The maximum Gasteiger partial charge on any atom is 0.0681 e. The van der Waals surface area contributed by atoms with E-state index in [4.69, 9.17) is 10.2 Å². The molecule has 0 aliphatic carbocycles. The van der Waals surface area contributed by atoms with Crippen molar-refractivity contribution in [2.45, 2.75) is 13.2 Å². The van der Waals surface area contributed by atoms with E-state index in [0.717, 1.165) is 11.1 Å². The summed E-state index contributed by atoms with van der Waals surface area (Å²) in [5, 5.41) is 17.4. The summed E-state index contributed by atoms with van der Waals surface area (Å²) in [5.74, 6) is 0. The van der Waals surface area contributed by atoms with Gasteiger partial charge >= 0.3 is 0 Å². The highest BCUT2D eigenvalue weighted by Crippen LogP contribution is 2.04. The van der Waals surface area contributed by atoms with Gasteiger partial charge < -0.3 is 10.2 Å². The van der Waals surface area contributed by atoms with E-state index >= 15 is 0 Å². The Bertz CT molecular complexity index is 197. The van der Waals surface area contributed by atoms with Crippen LogP contribution in [-0.4, -0.2) is 10.2 Å². The molecule has 4 heteroatoms. The first kappa shape index (κ1) is 14.3. The second kappa shape index (κ2) is 7.37. The van der Waals surface area contributed by atoms with Crippen LogP contribution in [0, 0.1) is 0 Å². The Kier molecular flexibility index (Phi) is 8.76. The van der Waals surface area contributed by atoms with Crippen molar-refractivity contribution in [1.29, 1.82) is 0 Å². The second-order valence-corrected chi connectivity index (χ2v) is 2.14. The highest BCUT2D eigenvalue weighted by atomic mass is 35.5. The van der Waals surface area contributed by atoms with Gasteiger partial charge in [-0.25, -0.2) is 0 Å². The Morgan fingerprint density at radius 3 is 1.67 bits per heavy atom. The molecule has 0 bridgehead atoms. The molecule has 70 valence electrons. The fourth-order valence-electron chi connectivity index (χ4n) is 0.826. The summed E-state index contributed by atoms with van der Waals surface area (Å²) >= 11 is 0. The molecule has 0 spiro atoms. The van der Waals surface area contributed by atoms with E-state index < -0.39 is 0 Å². The van der Waals surface area contributed by atoms with Gasteiger partial charge in [0.25, 0.3) is 0 Å². The molecule has 1 rings (SSSR count). The fourth-order valence-corrected chi connectivity index (χ4v) is 0.826. The summed E-state index contributed by atoms with van der Waals surface area (Å²) in [6, 6.07) is 7.23. The van der Waals surface area contributed by atoms with Gasteiger partial charge in [0.1, 0.15) is 0 Å². The van der Waals surface area contributed by atoms with Crippen molar-refractivity contribution in [1.82, 2.24) is 0 Å². The van der Waals surface area contributed by atoms with Gasteiger partial charge in [0.15, 0.2) is 0 Å². The molecule has 0 heterocycles. The largest absolute Gasteiger partial charge is 0.392 e. The average Bonchev–Trinajstić information content (AvgIpc) is 2.05. The van der Waals surface area contributed by atoms with Crippen LogP contribution < -0.4 is 0 Å². The minimum Gasteiger partial charge on any atom is -0.392 e. The molecule has 0 saturated heterocycles. The van der Waals surface area contributed by atoms with Gasteiger partial charge in [-0.05, 0) is 11.1 Å². The Morgan fingerprint density at radius 2 is 1.33 bits per heavy atom. The van der Waals surface area contributed by atoms with Crippen LogP contribution >= 0.6 is 24.8 Å². The molecule has 12 heavy (non-hydrogen) atoms. The minimum absolute atomic E-state index is 0. The maximum absolute atomic E-state index is 8.68. The van der Waals surface area contributed by atoms with Crippen LogP contribution in [0.3, 0.4) is 0 Å². The summed E-state index contributed by atoms with van der Waals surface area (Å²) in [4.78, 5) is 0. The van der Waals surface area contributed by atoms with Crippen LogP contribution in [0.1, 0.15) is 11.1 Å². The van der Waals surface area contributed by atoms with Crippen molar-refractivity contribution < 1.29 is 10.2 Å². The zero-order valence-electron chi connectivity index (χ0n) is 6.43. The monoisotopic (exact) mass is 210 g/mol. The van der Waals surface area contributed by atoms with Gasteiger partial charge in [-0.1, -0.05) is 24.3 Å². The number of aliphatic hydroxyl groups excluding tert-OH is 2. The quantitative estimate of drug-likeness (QED) is 0.778. The maximum atomic E-state index is 8.68. The molecule has 0 aromatic heterocycles. The zero-order chi connectivity index (χ0) is 7.40. The minimum atomic E-state index is 0. The standard InChI is InChI=1S/C8H10O2.2ClH/c9-5-7-2-1-3-8(4-7)6-10;;/h1-4,9-10H,5-6H2;2*1H. The molecule has 0 atom stereocenters. The summed E-state index contributed by atoms with van der Waals surface area (Å²) in [7, 11) is 0. The molecule has 0 aliphatic heterocycles. The Hall–Kier alpha value is -0.280. The first-order valence-corrected chi connectivity index (χ1v) is 3.16. The number of halogens is 2. The predicted molar refractivity (Wildman–Crippen MR) is 52.8 cm³/mol. The lowest BCUT2D eigenvalue weighted by molar-refractivity contribution is 0.275. The number of hydrogen-bond acceptors (Lipinski definition) is 2. The first-order valence-electron chi connectivity index (χ1n) is 3.16. The van der Waals surface area contributed by atoms with Gasteiger partial charge in [0.05, 0.1) is 13.2 Å². The van der Waals surface area contributed by atoms with Crippen LogP contribution in [0.4, 0.5) is 0 Å². The molecule has 0 fully saturated rings. The number of rotatable bonds is 2. The lowest BCUT2D eigenvalue weighted by Crippen LogP contribution is -1.86. The molecular weight excluding hydrogens is 199 g/mol. The van der Waals surface area contributed by atoms with Gasteiger partial charge in [-0.3, -0.25) is 0 Å². The van der Waals surface area contributed by atoms with Gasteiger partial charge in [0.2, 0.25) is 0 Å². The molecule has 0 unspecified atom stereocenters. The lowest BCUT2D eigenvalue weighted by atomic mass is 10.1. The van der Waals surface area contributed by atoms with Crippen LogP contribution in [0.25, 0.3) is 0 Å². The zero-order valence-corrected chi connectivity index (χ0v) is 8.07. The lowest BCUT2D eigenvalue weighted by Gasteiger charge is -1.97. The van der Waals surface area contributed by atoms with Crippen molar-refractivity contribution in [3.8, 4) is 0 Å². The molecule has 2 nitrogen and oxygen atoms in total. The van der Waals surface area contributed by atoms with Crippen molar-refractivity contribution in [2.75, 3.05) is 0 Å². The van der Waals surface area contributed by atoms with Crippen LogP contribution in [-0.2, 0) is 13.2 Å². The van der Waals surface area contributed by atoms with Gasteiger partial charge in [0, 0.05) is 0 Å². The highest BCUT2D eigenvalue weighted by molar-refractivity contribution is 5.85. The molecule has 2 N–H and O–H groups in total. The van der Waals surface area contributed by atoms with E-state index in [1.807, 2.05) is 18.2 Å².